The van der Waals surface area contributed by atoms with Gasteiger partial charge in [0.15, 0.2) is 0 Å². The minimum absolute atomic E-state index is 0.139. The highest BCUT2D eigenvalue weighted by molar-refractivity contribution is 5.83. The normalized spacial score (nSPS) is 33.5. The van der Waals surface area contributed by atoms with Gasteiger partial charge in [0.2, 0.25) is 5.91 Å². The Kier molecular flexibility index (Phi) is 4.86. The van der Waals surface area contributed by atoms with Crippen LogP contribution in [0.15, 0.2) is 18.2 Å². The van der Waals surface area contributed by atoms with Gasteiger partial charge in [-0.15, -0.1) is 0 Å². The van der Waals surface area contributed by atoms with E-state index >= 15 is 0 Å². The number of fused-ring (bicyclic) bond motifs is 3. The monoisotopic (exact) mass is 368 g/mol. The Hall–Kier alpha value is -1.35. The molecule has 0 unspecified atom stereocenters. The molecule has 0 aromatic heterocycles. The SMILES string of the molecule is CC(C)c1ccc2c(c1)CC[C@H]1[C@](C)(C(=O)N3CCNCC3)CCC[C@]21C. The van der Waals surface area contributed by atoms with Gasteiger partial charge in [0, 0.05) is 26.2 Å². The van der Waals surface area contributed by atoms with Crippen LogP contribution in [0.1, 0.15) is 76.0 Å². The summed E-state index contributed by atoms with van der Waals surface area (Å²) < 4.78 is 0. The van der Waals surface area contributed by atoms with E-state index in [-0.39, 0.29) is 10.8 Å². The third-order valence-electron chi connectivity index (χ3n) is 7.94. The van der Waals surface area contributed by atoms with Gasteiger partial charge in [-0.1, -0.05) is 52.3 Å². The molecule has 0 radical (unpaired) electrons. The van der Waals surface area contributed by atoms with Gasteiger partial charge in [-0.25, -0.2) is 0 Å². The number of aryl methyl sites for hydroxylation is 1. The number of carbonyl (C=O) groups is 1. The average molecular weight is 369 g/mol. The van der Waals surface area contributed by atoms with Crippen molar-refractivity contribution >= 4 is 5.91 Å². The smallest absolute Gasteiger partial charge is 0.228 e. The van der Waals surface area contributed by atoms with Crippen molar-refractivity contribution in [3.8, 4) is 0 Å². The van der Waals surface area contributed by atoms with E-state index in [4.69, 9.17) is 0 Å². The lowest BCUT2D eigenvalue weighted by molar-refractivity contribution is -0.151. The fourth-order valence-electron chi connectivity index (χ4n) is 6.36. The zero-order valence-corrected chi connectivity index (χ0v) is 17.6. The number of benzene rings is 1. The van der Waals surface area contributed by atoms with Crippen molar-refractivity contribution in [2.45, 2.75) is 71.1 Å². The van der Waals surface area contributed by atoms with Crippen molar-refractivity contribution in [2.75, 3.05) is 26.2 Å². The highest BCUT2D eigenvalue weighted by Gasteiger charge is 2.55. The summed E-state index contributed by atoms with van der Waals surface area (Å²) in [6.07, 6.45) is 5.71. The minimum atomic E-state index is -0.210. The number of rotatable bonds is 2. The second kappa shape index (κ2) is 6.92. The fraction of sp³-hybridized carbons (Fsp3) is 0.708. The van der Waals surface area contributed by atoms with Gasteiger partial charge in [-0.2, -0.15) is 0 Å². The summed E-state index contributed by atoms with van der Waals surface area (Å²) in [6.45, 7) is 12.9. The summed E-state index contributed by atoms with van der Waals surface area (Å²) in [4.78, 5) is 15.8. The first-order valence-electron chi connectivity index (χ1n) is 11.0. The number of hydrogen-bond donors (Lipinski definition) is 1. The molecule has 3 heteroatoms. The van der Waals surface area contributed by atoms with Gasteiger partial charge in [-0.05, 0) is 59.6 Å². The summed E-state index contributed by atoms with van der Waals surface area (Å²) >= 11 is 0. The lowest BCUT2D eigenvalue weighted by Crippen LogP contribution is -2.58. The van der Waals surface area contributed by atoms with Crippen molar-refractivity contribution in [2.24, 2.45) is 11.3 Å². The first-order chi connectivity index (χ1) is 12.9. The Bertz CT molecular complexity index is 721. The van der Waals surface area contributed by atoms with Crippen LogP contribution in [-0.4, -0.2) is 37.0 Å². The summed E-state index contributed by atoms with van der Waals surface area (Å²) in [5.41, 5.74) is 4.45. The Morgan fingerprint density at radius 3 is 2.63 bits per heavy atom. The van der Waals surface area contributed by atoms with Gasteiger partial charge in [0.25, 0.3) is 0 Å². The molecule has 3 nitrogen and oxygen atoms in total. The molecule has 1 amide bonds. The van der Waals surface area contributed by atoms with Crippen LogP contribution < -0.4 is 5.32 Å². The molecular weight excluding hydrogens is 332 g/mol. The van der Waals surface area contributed by atoms with Crippen molar-refractivity contribution in [3.63, 3.8) is 0 Å². The van der Waals surface area contributed by atoms with E-state index in [0.29, 0.717) is 17.7 Å². The van der Waals surface area contributed by atoms with Crippen LogP contribution in [0.3, 0.4) is 0 Å². The first kappa shape index (κ1) is 19.0. The molecule has 4 rings (SSSR count). The molecule has 0 bridgehead atoms. The average Bonchev–Trinajstić information content (AvgIpc) is 2.67. The summed E-state index contributed by atoms with van der Waals surface area (Å²) in [5.74, 6) is 1.45. The highest BCUT2D eigenvalue weighted by atomic mass is 16.2. The largest absolute Gasteiger partial charge is 0.340 e. The molecule has 0 spiro atoms. The number of amides is 1. The lowest BCUT2D eigenvalue weighted by Gasteiger charge is -2.55. The fourth-order valence-corrected chi connectivity index (χ4v) is 6.36. The van der Waals surface area contributed by atoms with Gasteiger partial charge < -0.3 is 10.2 Å². The number of nitrogens with one attached hydrogen (secondary N) is 1. The maximum atomic E-state index is 13.6. The number of carbonyl (C=O) groups excluding carboxylic acids is 1. The molecule has 3 aliphatic rings. The van der Waals surface area contributed by atoms with E-state index in [2.05, 4.69) is 56.1 Å². The molecule has 3 atom stereocenters. The van der Waals surface area contributed by atoms with Crippen molar-refractivity contribution in [3.05, 3.63) is 34.9 Å². The van der Waals surface area contributed by atoms with Gasteiger partial charge in [-0.3, -0.25) is 4.79 Å². The second-order valence-corrected chi connectivity index (χ2v) is 9.89. The Morgan fingerprint density at radius 2 is 1.93 bits per heavy atom. The molecule has 2 aliphatic carbocycles. The lowest BCUT2D eigenvalue weighted by atomic mass is 9.49. The maximum absolute atomic E-state index is 13.6. The third-order valence-corrected chi connectivity index (χ3v) is 7.94. The predicted octanol–water partition coefficient (Wildman–Crippen LogP) is 4.25. The van der Waals surface area contributed by atoms with Crippen LogP contribution >= 0.6 is 0 Å². The van der Waals surface area contributed by atoms with Crippen LogP contribution in [0.25, 0.3) is 0 Å². The molecule has 1 aromatic rings. The van der Waals surface area contributed by atoms with E-state index in [9.17, 15) is 4.79 Å². The number of nitrogens with zero attached hydrogens (tertiary/aromatic N) is 1. The summed E-state index contributed by atoms with van der Waals surface area (Å²) in [6, 6.07) is 7.19. The van der Waals surface area contributed by atoms with Gasteiger partial charge in [0.05, 0.1) is 5.41 Å². The standard InChI is InChI=1S/C24H36N2O/c1-17(2)18-6-8-20-19(16-18)7-9-21-23(20,3)10-5-11-24(21,4)22(27)26-14-12-25-13-15-26/h6,8,16-17,21,25H,5,7,9-15H2,1-4H3/t21-,23-,24-/m1/s1. The van der Waals surface area contributed by atoms with Crippen LogP contribution in [0.2, 0.25) is 0 Å². The van der Waals surface area contributed by atoms with E-state index in [0.717, 1.165) is 51.9 Å². The van der Waals surface area contributed by atoms with E-state index in [1.54, 1.807) is 5.56 Å². The van der Waals surface area contributed by atoms with Crippen molar-refractivity contribution in [1.82, 2.24) is 10.2 Å². The Balaban J connectivity index is 1.68. The number of hydrogen-bond acceptors (Lipinski definition) is 2. The van der Waals surface area contributed by atoms with E-state index < -0.39 is 0 Å². The molecule has 1 N–H and O–H groups in total. The highest BCUT2D eigenvalue weighted by Crippen LogP contribution is 2.57. The molecule has 1 saturated heterocycles. The molecule has 148 valence electrons. The van der Waals surface area contributed by atoms with Gasteiger partial charge >= 0.3 is 0 Å². The summed E-state index contributed by atoms with van der Waals surface area (Å²) in [5, 5.41) is 3.38. The Labute approximate surface area is 164 Å². The molecule has 27 heavy (non-hydrogen) atoms. The molecule has 1 aromatic carbocycles. The van der Waals surface area contributed by atoms with Crippen molar-refractivity contribution < 1.29 is 4.79 Å². The topological polar surface area (TPSA) is 32.3 Å². The molecule has 1 aliphatic heterocycles. The quantitative estimate of drug-likeness (QED) is 0.846. The maximum Gasteiger partial charge on any atom is 0.228 e. The molecular formula is C24H36N2O. The molecule has 1 saturated carbocycles. The summed E-state index contributed by atoms with van der Waals surface area (Å²) in [7, 11) is 0. The van der Waals surface area contributed by atoms with Crippen LogP contribution in [0.5, 0.6) is 0 Å². The number of piperazine rings is 1. The van der Waals surface area contributed by atoms with E-state index in [1.807, 2.05) is 0 Å². The minimum Gasteiger partial charge on any atom is -0.340 e. The molecule has 2 fully saturated rings. The van der Waals surface area contributed by atoms with Gasteiger partial charge in [0.1, 0.15) is 0 Å². The third kappa shape index (κ3) is 3.03. The van der Waals surface area contributed by atoms with Crippen LogP contribution in [0.4, 0.5) is 0 Å². The predicted molar refractivity (Wildman–Crippen MR) is 111 cm³/mol. The first-order valence-corrected chi connectivity index (χ1v) is 11.0. The van der Waals surface area contributed by atoms with Crippen LogP contribution in [-0.2, 0) is 16.6 Å². The zero-order valence-electron chi connectivity index (χ0n) is 17.6. The second-order valence-electron chi connectivity index (χ2n) is 9.89. The molecule has 1 heterocycles. The Morgan fingerprint density at radius 1 is 1.19 bits per heavy atom. The zero-order chi connectivity index (χ0) is 19.2. The van der Waals surface area contributed by atoms with Crippen molar-refractivity contribution in [1.29, 1.82) is 0 Å². The van der Waals surface area contributed by atoms with Crippen LogP contribution in [0, 0.1) is 11.3 Å². The van der Waals surface area contributed by atoms with E-state index in [1.165, 1.54) is 17.5 Å².